The predicted molar refractivity (Wildman–Crippen MR) is 60.7 cm³/mol. The molecule has 80 valence electrons. The van der Waals surface area contributed by atoms with Gasteiger partial charge in [0.05, 0.1) is 0 Å². The molecule has 2 fully saturated rings. The van der Waals surface area contributed by atoms with Gasteiger partial charge in [0.25, 0.3) is 0 Å². The number of hydrogen-bond donors (Lipinski definition) is 1. The number of hydrogen-bond acceptors (Lipinski definition) is 2. The molecule has 2 aliphatic carbocycles. The molecule has 0 unspecified atom stereocenters. The van der Waals surface area contributed by atoms with E-state index in [1.165, 1.54) is 43.4 Å². The van der Waals surface area contributed by atoms with Gasteiger partial charge < -0.3 is 5.73 Å². The second-order valence-corrected chi connectivity index (χ2v) is 5.26. The van der Waals surface area contributed by atoms with Crippen molar-refractivity contribution < 1.29 is 0 Å². The van der Waals surface area contributed by atoms with E-state index in [4.69, 9.17) is 5.73 Å². The highest BCUT2D eigenvalue weighted by Gasteiger charge is 2.32. The van der Waals surface area contributed by atoms with Crippen LogP contribution in [0.4, 0.5) is 0 Å². The SMILES string of the molecule is NC1(Cc2ccc(C3CC3)nc2)CCC1. The first-order chi connectivity index (χ1) is 7.25. The van der Waals surface area contributed by atoms with Crippen molar-refractivity contribution in [2.75, 3.05) is 0 Å². The molecule has 0 aromatic carbocycles. The van der Waals surface area contributed by atoms with Gasteiger partial charge in [0, 0.05) is 23.3 Å². The number of nitrogens with two attached hydrogens (primary N) is 1. The fraction of sp³-hybridized carbons (Fsp3) is 0.615. The van der Waals surface area contributed by atoms with Gasteiger partial charge in [-0.15, -0.1) is 0 Å². The van der Waals surface area contributed by atoms with Gasteiger partial charge in [0.1, 0.15) is 0 Å². The van der Waals surface area contributed by atoms with Crippen LogP contribution in [-0.2, 0) is 6.42 Å². The summed E-state index contributed by atoms with van der Waals surface area (Å²) in [4.78, 5) is 4.53. The van der Waals surface area contributed by atoms with Crippen LogP contribution in [-0.4, -0.2) is 10.5 Å². The van der Waals surface area contributed by atoms with Gasteiger partial charge in [0.15, 0.2) is 0 Å². The first kappa shape index (κ1) is 9.34. The molecule has 15 heavy (non-hydrogen) atoms. The third-order valence-electron chi connectivity index (χ3n) is 3.75. The number of rotatable bonds is 3. The van der Waals surface area contributed by atoms with Crippen LogP contribution in [0.5, 0.6) is 0 Å². The predicted octanol–water partition coefficient (Wildman–Crippen LogP) is 2.38. The fourth-order valence-corrected chi connectivity index (χ4v) is 2.38. The van der Waals surface area contributed by atoms with E-state index < -0.39 is 0 Å². The van der Waals surface area contributed by atoms with E-state index in [1.807, 2.05) is 6.20 Å². The topological polar surface area (TPSA) is 38.9 Å². The largest absolute Gasteiger partial charge is 0.325 e. The maximum atomic E-state index is 6.22. The molecule has 0 saturated heterocycles. The Bertz CT molecular complexity index is 347. The Balaban J connectivity index is 1.69. The molecule has 3 rings (SSSR count). The van der Waals surface area contributed by atoms with Gasteiger partial charge in [-0.2, -0.15) is 0 Å². The average Bonchev–Trinajstić information content (AvgIpc) is 3.00. The minimum atomic E-state index is 0.0861. The summed E-state index contributed by atoms with van der Waals surface area (Å²) in [6, 6.07) is 4.41. The summed E-state index contributed by atoms with van der Waals surface area (Å²) in [6.07, 6.45) is 9.34. The van der Waals surface area contributed by atoms with Crippen molar-refractivity contribution in [2.45, 2.75) is 50.0 Å². The highest BCUT2D eigenvalue weighted by atomic mass is 14.8. The van der Waals surface area contributed by atoms with Crippen LogP contribution in [0.3, 0.4) is 0 Å². The van der Waals surface area contributed by atoms with Crippen LogP contribution in [0.25, 0.3) is 0 Å². The molecule has 0 radical (unpaired) electrons. The van der Waals surface area contributed by atoms with E-state index in [9.17, 15) is 0 Å². The van der Waals surface area contributed by atoms with Gasteiger partial charge >= 0.3 is 0 Å². The van der Waals surface area contributed by atoms with E-state index in [-0.39, 0.29) is 5.54 Å². The zero-order chi connectivity index (χ0) is 10.3. The summed E-state index contributed by atoms with van der Waals surface area (Å²) < 4.78 is 0. The summed E-state index contributed by atoms with van der Waals surface area (Å²) in [6.45, 7) is 0. The first-order valence-corrected chi connectivity index (χ1v) is 5.99. The molecule has 1 aromatic rings. The minimum absolute atomic E-state index is 0.0861. The van der Waals surface area contributed by atoms with E-state index in [0.717, 1.165) is 12.3 Å². The Kier molecular flexibility index (Phi) is 2.06. The van der Waals surface area contributed by atoms with Crippen LogP contribution in [0.15, 0.2) is 18.3 Å². The van der Waals surface area contributed by atoms with Crippen molar-refractivity contribution in [3.63, 3.8) is 0 Å². The van der Waals surface area contributed by atoms with Crippen LogP contribution in [0.2, 0.25) is 0 Å². The Hall–Kier alpha value is -0.890. The van der Waals surface area contributed by atoms with Crippen molar-refractivity contribution in [3.05, 3.63) is 29.6 Å². The molecule has 2 N–H and O–H groups in total. The molecular weight excluding hydrogens is 184 g/mol. The van der Waals surface area contributed by atoms with Crippen molar-refractivity contribution in [2.24, 2.45) is 5.73 Å². The molecule has 2 heteroatoms. The van der Waals surface area contributed by atoms with E-state index >= 15 is 0 Å². The van der Waals surface area contributed by atoms with E-state index in [0.29, 0.717) is 0 Å². The third kappa shape index (κ3) is 1.91. The molecule has 2 saturated carbocycles. The summed E-state index contributed by atoms with van der Waals surface area (Å²) >= 11 is 0. The third-order valence-corrected chi connectivity index (χ3v) is 3.75. The molecule has 1 heterocycles. The highest BCUT2D eigenvalue weighted by Crippen LogP contribution is 2.39. The standard InChI is InChI=1S/C13H18N2/c14-13(6-1-7-13)8-10-2-5-12(15-9-10)11-3-4-11/h2,5,9,11H,1,3-4,6-8,14H2. The maximum Gasteiger partial charge on any atom is 0.0434 e. The Labute approximate surface area is 90.9 Å². The molecule has 2 nitrogen and oxygen atoms in total. The summed E-state index contributed by atoms with van der Waals surface area (Å²) in [5, 5.41) is 0. The minimum Gasteiger partial charge on any atom is -0.325 e. The van der Waals surface area contributed by atoms with E-state index in [2.05, 4.69) is 17.1 Å². The molecule has 0 spiro atoms. The molecule has 0 atom stereocenters. The van der Waals surface area contributed by atoms with E-state index in [1.54, 1.807) is 0 Å². The average molecular weight is 202 g/mol. The molecule has 0 amide bonds. The molecule has 1 aromatic heterocycles. The van der Waals surface area contributed by atoms with Gasteiger partial charge in [-0.25, -0.2) is 0 Å². The molecule has 0 aliphatic heterocycles. The molecular formula is C13H18N2. The smallest absolute Gasteiger partial charge is 0.0434 e. The van der Waals surface area contributed by atoms with Gasteiger partial charge in [-0.05, 0) is 50.2 Å². The Morgan fingerprint density at radius 2 is 2.13 bits per heavy atom. The Morgan fingerprint density at radius 3 is 2.60 bits per heavy atom. The van der Waals surface area contributed by atoms with Gasteiger partial charge in [-0.3, -0.25) is 4.98 Å². The van der Waals surface area contributed by atoms with Gasteiger partial charge in [0.2, 0.25) is 0 Å². The molecule has 0 bridgehead atoms. The summed E-state index contributed by atoms with van der Waals surface area (Å²) in [7, 11) is 0. The lowest BCUT2D eigenvalue weighted by molar-refractivity contribution is 0.247. The second-order valence-electron chi connectivity index (χ2n) is 5.26. The lowest BCUT2D eigenvalue weighted by atomic mass is 9.74. The Morgan fingerprint density at radius 1 is 1.33 bits per heavy atom. The lowest BCUT2D eigenvalue weighted by Crippen LogP contribution is -2.48. The van der Waals surface area contributed by atoms with Crippen molar-refractivity contribution in [1.82, 2.24) is 4.98 Å². The second kappa shape index (κ2) is 3.31. The quantitative estimate of drug-likeness (QED) is 0.817. The maximum absolute atomic E-state index is 6.22. The van der Waals surface area contributed by atoms with Crippen LogP contribution in [0, 0.1) is 0 Å². The number of aromatic nitrogens is 1. The monoisotopic (exact) mass is 202 g/mol. The summed E-state index contributed by atoms with van der Waals surface area (Å²) in [5.74, 6) is 0.759. The normalized spacial score (nSPS) is 23.5. The highest BCUT2D eigenvalue weighted by molar-refractivity contribution is 5.22. The van der Waals surface area contributed by atoms with Crippen molar-refractivity contribution in [1.29, 1.82) is 0 Å². The number of pyridine rings is 1. The van der Waals surface area contributed by atoms with Gasteiger partial charge in [-0.1, -0.05) is 6.07 Å². The zero-order valence-electron chi connectivity index (χ0n) is 9.08. The van der Waals surface area contributed by atoms with Crippen molar-refractivity contribution >= 4 is 0 Å². The van der Waals surface area contributed by atoms with Crippen LogP contribution < -0.4 is 5.73 Å². The van der Waals surface area contributed by atoms with Crippen LogP contribution in [0.1, 0.15) is 49.3 Å². The lowest BCUT2D eigenvalue weighted by Gasteiger charge is -2.38. The van der Waals surface area contributed by atoms with Crippen LogP contribution >= 0.6 is 0 Å². The first-order valence-electron chi connectivity index (χ1n) is 5.99. The van der Waals surface area contributed by atoms with Crippen molar-refractivity contribution in [3.8, 4) is 0 Å². The summed E-state index contributed by atoms with van der Waals surface area (Å²) in [5.41, 5.74) is 8.89. The molecule has 2 aliphatic rings. The number of nitrogens with zero attached hydrogens (tertiary/aromatic N) is 1. The fourth-order valence-electron chi connectivity index (χ4n) is 2.38. The zero-order valence-corrected chi connectivity index (χ0v) is 9.08.